The van der Waals surface area contributed by atoms with Gasteiger partial charge < -0.3 is 10.4 Å². The van der Waals surface area contributed by atoms with Gasteiger partial charge in [0.25, 0.3) is 0 Å². The zero-order valence-electron chi connectivity index (χ0n) is 12.1. The molecule has 0 unspecified atom stereocenters. The lowest BCUT2D eigenvalue weighted by atomic mass is 9.74. The van der Waals surface area contributed by atoms with Crippen molar-refractivity contribution in [2.75, 3.05) is 5.32 Å². The van der Waals surface area contributed by atoms with Crippen LogP contribution in [0.1, 0.15) is 27.7 Å². The molecule has 0 amide bonds. The second-order valence-corrected chi connectivity index (χ2v) is 5.96. The van der Waals surface area contributed by atoms with Crippen molar-refractivity contribution >= 4 is 22.6 Å². The van der Waals surface area contributed by atoms with Gasteiger partial charge in [-0.05, 0) is 33.8 Å². The lowest BCUT2D eigenvalue weighted by Crippen LogP contribution is -2.50. The van der Waals surface area contributed by atoms with E-state index >= 15 is 0 Å². The number of aromatic nitrogens is 2. The van der Waals surface area contributed by atoms with Gasteiger partial charge in [-0.3, -0.25) is 4.79 Å². The summed E-state index contributed by atoms with van der Waals surface area (Å²) in [7, 11) is 0. The topological polar surface area (TPSA) is 75.1 Å². The van der Waals surface area contributed by atoms with Gasteiger partial charge in [0, 0.05) is 10.9 Å². The van der Waals surface area contributed by atoms with E-state index in [1.807, 2.05) is 38.1 Å². The fraction of sp³-hybridized carbons (Fsp3) is 0.400. The maximum Gasteiger partial charge on any atom is 0.311 e. The molecular formula is C15H19N3O2. The molecule has 0 atom stereocenters. The number of anilines is 1. The molecule has 1 heterocycles. The Morgan fingerprint density at radius 3 is 2.50 bits per heavy atom. The number of aliphatic carboxylic acids is 1. The molecule has 0 aliphatic heterocycles. The normalized spacial score (nSPS) is 12.4. The fourth-order valence-electron chi connectivity index (χ4n) is 1.87. The van der Waals surface area contributed by atoms with E-state index in [9.17, 15) is 9.90 Å². The Hall–Kier alpha value is -2.17. The molecule has 20 heavy (non-hydrogen) atoms. The maximum atomic E-state index is 11.5. The Bertz CT molecular complexity index is 645. The van der Waals surface area contributed by atoms with Crippen molar-refractivity contribution in [3.05, 3.63) is 30.5 Å². The summed E-state index contributed by atoms with van der Waals surface area (Å²) >= 11 is 0. The summed E-state index contributed by atoms with van der Waals surface area (Å²) in [6, 6.07) is 7.64. The monoisotopic (exact) mass is 273 g/mol. The zero-order chi connectivity index (χ0) is 15.0. The molecule has 0 bridgehead atoms. The quantitative estimate of drug-likeness (QED) is 0.895. The zero-order valence-corrected chi connectivity index (χ0v) is 12.1. The van der Waals surface area contributed by atoms with Crippen LogP contribution >= 0.6 is 0 Å². The number of rotatable bonds is 4. The molecule has 1 aromatic heterocycles. The Morgan fingerprint density at radius 1 is 1.20 bits per heavy atom. The van der Waals surface area contributed by atoms with Gasteiger partial charge in [-0.15, -0.1) is 0 Å². The van der Waals surface area contributed by atoms with Crippen molar-refractivity contribution in [2.24, 2.45) is 5.41 Å². The van der Waals surface area contributed by atoms with Crippen molar-refractivity contribution in [1.29, 1.82) is 0 Å². The molecule has 2 rings (SSSR count). The van der Waals surface area contributed by atoms with E-state index < -0.39 is 16.9 Å². The molecule has 0 aliphatic carbocycles. The van der Waals surface area contributed by atoms with Gasteiger partial charge in [-0.25, -0.2) is 0 Å². The summed E-state index contributed by atoms with van der Waals surface area (Å²) in [5.74, 6) is -0.846. The molecule has 1 aromatic carbocycles. The van der Waals surface area contributed by atoms with Gasteiger partial charge in [0.15, 0.2) is 0 Å². The minimum absolute atomic E-state index is 0.648. The summed E-state index contributed by atoms with van der Waals surface area (Å²) in [6.07, 6.45) is 1.63. The number of hydrogen-bond donors (Lipinski definition) is 2. The highest BCUT2D eigenvalue weighted by Crippen LogP contribution is 2.35. The maximum absolute atomic E-state index is 11.5. The Balaban J connectivity index is 2.44. The second-order valence-electron chi connectivity index (χ2n) is 5.96. The van der Waals surface area contributed by atoms with Crippen molar-refractivity contribution in [1.82, 2.24) is 10.2 Å². The van der Waals surface area contributed by atoms with Crippen LogP contribution in [0.3, 0.4) is 0 Å². The van der Waals surface area contributed by atoms with E-state index in [0.717, 1.165) is 16.6 Å². The van der Waals surface area contributed by atoms with E-state index in [4.69, 9.17) is 0 Å². The van der Waals surface area contributed by atoms with Crippen LogP contribution in [-0.2, 0) is 4.79 Å². The van der Waals surface area contributed by atoms with Crippen LogP contribution in [0.5, 0.6) is 0 Å². The van der Waals surface area contributed by atoms with Crippen molar-refractivity contribution < 1.29 is 9.90 Å². The molecule has 0 radical (unpaired) electrons. The molecule has 5 heteroatoms. The van der Waals surface area contributed by atoms with Crippen LogP contribution in [0.4, 0.5) is 5.69 Å². The highest BCUT2D eigenvalue weighted by Gasteiger charge is 2.43. The van der Waals surface area contributed by atoms with Gasteiger partial charge in [-0.1, -0.05) is 18.2 Å². The standard InChI is InChI=1S/C15H19N3O2/c1-14(2,13(19)20)15(3,4)17-12-9-16-18-11-8-6-5-7-10(11)12/h5-9H,1-4H3,(H,17,18)(H,19,20). The summed E-state index contributed by atoms with van der Waals surface area (Å²) in [5, 5.41) is 21.7. The van der Waals surface area contributed by atoms with Crippen molar-refractivity contribution in [3.8, 4) is 0 Å². The Labute approximate surface area is 118 Å². The predicted molar refractivity (Wildman–Crippen MR) is 78.7 cm³/mol. The highest BCUT2D eigenvalue weighted by atomic mass is 16.4. The first-order valence-electron chi connectivity index (χ1n) is 6.48. The van der Waals surface area contributed by atoms with E-state index in [-0.39, 0.29) is 0 Å². The molecule has 106 valence electrons. The Kier molecular flexibility index (Phi) is 3.38. The van der Waals surface area contributed by atoms with Crippen LogP contribution < -0.4 is 5.32 Å². The number of carboxylic acids is 1. The SMILES string of the molecule is CC(C)(Nc1cnnc2ccccc12)C(C)(C)C(=O)O. The second kappa shape index (κ2) is 4.74. The average molecular weight is 273 g/mol. The van der Waals surface area contributed by atoms with Gasteiger partial charge in [0.05, 0.1) is 22.8 Å². The molecule has 0 spiro atoms. The number of fused-ring (bicyclic) bond motifs is 1. The molecule has 0 fully saturated rings. The minimum Gasteiger partial charge on any atom is -0.481 e. The molecule has 0 saturated heterocycles. The van der Waals surface area contributed by atoms with Crippen LogP contribution in [0.15, 0.2) is 30.5 Å². The molecule has 0 saturated carbocycles. The van der Waals surface area contributed by atoms with Gasteiger partial charge in [0.2, 0.25) is 0 Å². The third kappa shape index (κ3) is 2.31. The number of carboxylic acid groups (broad SMARTS) is 1. The first-order chi connectivity index (χ1) is 9.25. The molecule has 2 N–H and O–H groups in total. The smallest absolute Gasteiger partial charge is 0.311 e. The fourth-order valence-corrected chi connectivity index (χ4v) is 1.87. The summed E-state index contributed by atoms with van der Waals surface area (Å²) in [5.41, 5.74) is -0.0153. The largest absolute Gasteiger partial charge is 0.481 e. The third-order valence-corrected chi connectivity index (χ3v) is 4.09. The van der Waals surface area contributed by atoms with Gasteiger partial charge in [0.1, 0.15) is 0 Å². The number of nitrogens with one attached hydrogen (secondary N) is 1. The van der Waals surface area contributed by atoms with E-state index in [0.29, 0.717) is 0 Å². The number of carbonyl (C=O) groups is 1. The van der Waals surface area contributed by atoms with Gasteiger partial charge in [-0.2, -0.15) is 10.2 Å². The predicted octanol–water partition coefficient (Wildman–Crippen LogP) is 2.93. The minimum atomic E-state index is -0.933. The molecule has 5 nitrogen and oxygen atoms in total. The lowest BCUT2D eigenvalue weighted by Gasteiger charge is -2.39. The molecule has 0 aliphatic rings. The van der Waals surface area contributed by atoms with Crippen molar-refractivity contribution in [3.63, 3.8) is 0 Å². The van der Waals surface area contributed by atoms with Crippen LogP contribution in [0.25, 0.3) is 10.9 Å². The number of hydrogen-bond acceptors (Lipinski definition) is 4. The number of nitrogens with zero attached hydrogens (tertiary/aromatic N) is 2. The highest BCUT2D eigenvalue weighted by molar-refractivity contribution is 5.91. The van der Waals surface area contributed by atoms with Crippen LogP contribution in [-0.4, -0.2) is 26.8 Å². The molecular weight excluding hydrogens is 254 g/mol. The third-order valence-electron chi connectivity index (χ3n) is 4.09. The average Bonchev–Trinajstić information content (AvgIpc) is 2.38. The van der Waals surface area contributed by atoms with Crippen LogP contribution in [0.2, 0.25) is 0 Å². The summed E-state index contributed by atoms with van der Waals surface area (Å²) in [6.45, 7) is 7.16. The van der Waals surface area contributed by atoms with E-state index in [2.05, 4.69) is 15.5 Å². The van der Waals surface area contributed by atoms with Crippen molar-refractivity contribution in [2.45, 2.75) is 33.2 Å². The lowest BCUT2D eigenvalue weighted by molar-refractivity contribution is -0.149. The van der Waals surface area contributed by atoms with Gasteiger partial charge >= 0.3 is 5.97 Å². The van der Waals surface area contributed by atoms with E-state index in [1.165, 1.54) is 0 Å². The summed E-state index contributed by atoms with van der Waals surface area (Å²) < 4.78 is 0. The van der Waals surface area contributed by atoms with Crippen LogP contribution in [0, 0.1) is 5.41 Å². The Morgan fingerprint density at radius 2 is 1.85 bits per heavy atom. The summed E-state index contributed by atoms with van der Waals surface area (Å²) in [4.78, 5) is 11.5. The first kappa shape index (κ1) is 14.2. The number of benzene rings is 1. The first-order valence-corrected chi connectivity index (χ1v) is 6.48. The van der Waals surface area contributed by atoms with E-state index in [1.54, 1.807) is 20.0 Å². The molecule has 2 aromatic rings.